The van der Waals surface area contributed by atoms with Crippen LogP contribution < -0.4 is 5.73 Å². The third kappa shape index (κ3) is 3.35. The van der Waals surface area contributed by atoms with Crippen LogP contribution in [0.4, 0.5) is 13.2 Å². The maximum atomic E-state index is 13.1. The average molecular weight is 352 g/mol. The number of nitrogens with zero attached hydrogens (tertiary/aromatic N) is 3. The van der Waals surface area contributed by atoms with Gasteiger partial charge in [0.15, 0.2) is 0 Å². The van der Waals surface area contributed by atoms with E-state index < -0.39 is 23.6 Å². The summed E-state index contributed by atoms with van der Waals surface area (Å²) in [5.41, 5.74) is 4.10. The van der Waals surface area contributed by atoms with E-state index in [2.05, 4.69) is 5.10 Å². The fourth-order valence-corrected chi connectivity index (χ4v) is 2.89. The Morgan fingerprint density at radius 2 is 1.96 bits per heavy atom. The Hall–Kier alpha value is -2.84. The van der Waals surface area contributed by atoms with Gasteiger partial charge in [-0.3, -0.25) is 14.3 Å². The van der Waals surface area contributed by atoms with Crippen LogP contribution in [0, 0.1) is 0 Å². The minimum atomic E-state index is -4.59. The van der Waals surface area contributed by atoms with E-state index in [0.717, 1.165) is 6.07 Å². The fraction of sp³-hybridized carbons (Fsp3) is 0.312. The Balaban J connectivity index is 1.78. The van der Waals surface area contributed by atoms with E-state index in [9.17, 15) is 22.8 Å². The number of carbonyl (C=O) groups is 2. The molecule has 3 rings (SSSR count). The molecule has 2 N–H and O–H groups in total. The molecule has 1 aromatic heterocycles. The Kier molecular flexibility index (Phi) is 4.23. The number of primary amides is 1. The van der Waals surface area contributed by atoms with Gasteiger partial charge >= 0.3 is 6.18 Å². The molecule has 1 aromatic carbocycles. The third-order valence-corrected chi connectivity index (χ3v) is 4.17. The number of alkyl halides is 3. The van der Waals surface area contributed by atoms with Gasteiger partial charge in [0, 0.05) is 19.3 Å². The molecule has 0 radical (unpaired) electrons. The third-order valence-electron chi connectivity index (χ3n) is 4.17. The lowest BCUT2D eigenvalue weighted by Crippen LogP contribution is -2.31. The van der Waals surface area contributed by atoms with E-state index in [1.807, 2.05) is 0 Å². The predicted molar refractivity (Wildman–Crippen MR) is 81.7 cm³/mol. The van der Waals surface area contributed by atoms with Crippen LogP contribution in [-0.2, 0) is 6.18 Å². The molecule has 2 aromatic rings. The SMILES string of the molecule is NC(=O)c1cnn(C2CCN(C(=O)c3ccccc3C(F)(F)F)C2)c1. The summed E-state index contributed by atoms with van der Waals surface area (Å²) in [6.45, 7) is 0.520. The number of amides is 2. The van der Waals surface area contributed by atoms with Crippen molar-refractivity contribution >= 4 is 11.8 Å². The second kappa shape index (κ2) is 6.23. The maximum absolute atomic E-state index is 13.1. The van der Waals surface area contributed by atoms with Crippen LogP contribution in [0.2, 0.25) is 0 Å². The molecule has 132 valence electrons. The van der Waals surface area contributed by atoms with Crippen molar-refractivity contribution in [3.05, 3.63) is 53.3 Å². The van der Waals surface area contributed by atoms with E-state index in [0.29, 0.717) is 13.0 Å². The molecule has 0 bridgehead atoms. The molecular weight excluding hydrogens is 337 g/mol. The highest BCUT2D eigenvalue weighted by Gasteiger charge is 2.37. The molecule has 1 atom stereocenters. The van der Waals surface area contributed by atoms with Gasteiger partial charge in [-0.1, -0.05) is 12.1 Å². The highest BCUT2D eigenvalue weighted by Crippen LogP contribution is 2.33. The Bertz CT molecular complexity index is 816. The molecule has 1 saturated heterocycles. The lowest BCUT2D eigenvalue weighted by molar-refractivity contribution is -0.138. The zero-order valence-corrected chi connectivity index (χ0v) is 13.0. The quantitative estimate of drug-likeness (QED) is 0.918. The predicted octanol–water partition coefficient (Wildman–Crippen LogP) is 2.09. The normalized spacial score (nSPS) is 17.7. The smallest absolute Gasteiger partial charge is 0.366 e. The van der Waals surface area contributed by atoms with Gasteiger partial charge in [-0.2, -0.15) is 18.3 Å². The number of benzene rings is 1. The molecule has 2 heterocycles. The van der Waals surface area contributed by atoms with Crippen molar-refractivity contribution in [3.63, 3.8) is 0 Å². The Morgan fingerprint density at radius 3 is 2.60 bits per heavy atom. The van der Waals surface area contributed by atoms with Gasteiger partial charge in [0.25, 0.3) is 11.8 Å². The molecule has 1 aliphatic heterocycles. The van der Waals surface area contributed by atoms with E-state index in [1.54, 1.807) is 0 Å². The number of aromatic nitrogens is 2. The zero-order valence-electron chi connectivity index (χ0n) is 13.0. The first-order valence-corrected chi connectivity index (χ1v) is 7.57. The van der Waals surface area contributed by atoms with Crippen LogP contribution in [0.25, 0.3) is 0 Å². The Labute approximate surface area is 141 Å². The molecule has 0 aliphatic carbocycles. The maximum Gasteiger partial charge on any atom is 0.417 e. The van der Waals surface area contributed by atoms with Crippen LogP contribution in [-0.4, -0.2) is 39.6 Å². The van der Waals surface area contributed by atoms with Gasteiger partial charge in [0.2, 0.25) is 0 Å². The molecule has 2 amide bonds. The highest BCUT2D eigenvalue weighted by molar-refractivity contribution is 5.96. The number of hydrogen-bond acceptors (Lipinski definition) is 3. The lowest BCUT2D eigenvalue weighted by Gasteiger charge is -2.19. The monoisotopic (exact) mass is 352 g/mol. The first-order valence-electron chi connectivity index (χ1n) is 7.57. The van der Waals surface area contributed by atoms with Crippen LogP contribution >= 0.6 is 0 Å². The average Bonchev–Trinajstić information content (AvgIpc) is 3.22. The summed E-state index contributed by atoms with van der Waals surface area (Å²) in [5.74, 6) is -1.28. The second-order valence-electron chi connectivity index (χ2n) is 5.81. The molecule has 6 nitrogen and oxygen atoms in total. The van der Waals surface area contributed by atoms with E-state index in [-0.39, 0.29) is 23.7 Å². The summed E-state index contributed by atoms with van der Waals surface area (Å²) in [5, 5.41) is 4.04. The lowest BCUT2D eigenvalue weighted by atomic mass is 10.1. The summed E-state index contributed by atoms with van der Waals surface area (Å²) in [4.78, 5) is 25.0. The molecule has 1 fully saturated rings. The van der Waals surface area contributed by atoms with Crippen molar-refractivity contribution in [2.45, 2.75) is 18.6 Å². The fourth-order valence-electron chi connectivity index (χ4n) is 2.89. The Morgan fingerprint density at radius 1 is 1.24 bits per heavy atom. The molecule has 1 aliphatic rings. The van der Waals surface area contributed by atoms with Crippen LogP contribution in [0.5, 0.6) is 0 Å². The zero-order chi connectivity index (χ0) is 18.2. The summed E-state index contributed by atoms with van der Waals surface area (Å²) in [6.07, 6.45) is -1.26. The van der Waals surface area contributed by atoms with Gasteiger partial charge in [-0.25, -0.2) is 0 Å². The van der Waals surface area contributed by atoms with Crippen molar-refractivity contribution in [1.82, 2.24) is 14.7 Å². The summed E-state index contributed by atoms with van der Waals surface area (Å²) >= 11 is 0. The molecule has 1 unspecified atom stereocenters. The van der Waals surface area contributed by atoms with Crippen LogP contribution in [0.15, 0.2) is 36.7 Å². The second-order valence-corrected chi connectivity index (χ2v) is 5.81. The number of halogens is 3. The van der Waals surface area contributed by atoms with Crippen molar-refractivity contribution in [1.29, 1.82) is 0 Å². The minimum absolute atomic E-state index is 0.213. The number of nitrogens with two attached hydrogens (primary N) is 1. The number of hydrogen-bond donors (Lipinski definition) is 1. The molecule has 0 saturated carbocycles. The first-order chi connectivity index (χ1) is 11.8. The van der Waals surface area contributed by atoms with Gasteiger partial charge in [0.1, 0.15) is 0 Å². The van der Waals surface area contributed by atoms with Crippen LogP contribution in [0.1, 0.15) is 38.7 Å². The van der Waals surface area contributed by atoms with Gasteiger partial charge in [-0.05, 0) is 18.6 Å². The van der Waals surface area contributed by atoms with Crippen molar-refractivity contribution in [2.75, 3.05) is 13.1 Å². The van der Waals surface area contributed by atoms with Crippen molar-refractivity contribution in [2.24, 2.45) is 5.73 Å². The van der Waals surface area contributed by atoms with Crippen molar-refractivity contribution in [3.8, 4) is 0 Å². The van der Waals surface area contributed by atoms with E-state index in [1.165, 1.54) is 40.2 Å². The first kappa shape index (κ1) is 17.0. The molecule has 9 heteroatoms. The van der Waals surface area contributed by atoms with Gasteiger partial charge in [-0.15, -0.1) is 0 Å². The highest BCUT2D eigenvalue weighted by atomic mass is 19.4. The summed E-state index contributed by atoms with van der Waals surface area (Å²) < 4.78 is 40.8. The van der Waals surface area contributed by atoms with Crippen molar-refractivity contribution < 1.29 is 22.8 Å². The van der Waals surface area contributed by atoms with Gasteiger partial charge < -0.3 is 10.6 Å². The minimum Gasteiger partial charge on any atom is -0.366 e. The molecule has 0 spiro atoms. The van der Waals surface area contributed by atoms with E-state index in [4.69, 9.17) is 5.73 Å². The number of carbonyl (C=O) groups excluding carboxylic acids is 2. The summed E-state index contributed by atoms with van der Waals surface area (Å²) in [6, 6.07) is 4.52. The molecular formula is C16H15F3N4O2. The van der Waals surface area contributed by atoms with Crippen LogP contribution in [0.3, 0.4) is 0 Å². The largest absolute Gasteiger partial charge is 0.417 e. The number of likely N-dealkylation sites (tertiary alicyclic amines) is 1. The van der Waals surface area contributed by atoms with E-state index >= 15 is 0 Å². The summed E-state index contributed by atoms with van der Waals surface area (Å²) in [7, 11) is 0. The standard InChI is InChI=1S/C16H15F3N4O2/c17-16(18,19)13-4-2-1-3-12(13)15(25)22-6-5-11(9-22)23-8-10(7-21-23)14(20)24/h1-4,7-8,11H,5-6,9H2,(H2,20,24). The topological polar surface area (TPSA) is 81.2 Å². The van der Waals surface area contributed by atoms with Gasteiger partial charge in [0.05, 0.1) is 28.9 Å². The number of rotatable bonds is 3. The molecule has 25 heavy (non-hydrogen) atoms.